The minimum atomic E-state index is 1.05. The third-order valence-corrected chi connectivity index (χ3v) is 9.42. The first-order chi connectivity index (χ1) is 17.7. The fourth-order valence-electron chi connectivity index (χ4n) is 7.88. The highest BCUT2D eigenvalue weighted by molar-refractivity contribution is 6.00. The normalized spacial score (nSPS) is 14.5. The summed E-state index contributed by atoms with van der Waals surface area (Å²) >= 11 is 0. The summed E-state index contributed by atoms with van der Waals surface area (Å²) in [4.78, 5) is 0. The van der Waals surface area contributed by atoms with E-state index < -0.39 is 0 Å². The zero-order valence-corrected chi connectivity index (χ0v) is 20.8. The first-order valence-corrected chi connectivity index (χ1v) is 13.3. The number of hydrogen-bond acceptors (Lipinski definition) is 0. The minimum Gasteiger partial charge on any atom is -0.0619 e. The molecular weight excluding hydrogens is 432 g/mol. The molecule has 0 amide bonds. The lowest BCUT2D eigenvalue weighted by Gasteiger charge is -2.14. The number of fused-ring (bicyclic) bond motifs is 14. The summed E-state index contributed by atoms with van der Waals surface area (Å²) < 4.78 is 0. The van der Waals surface area contributed by atoms with Crippen LogP contribution in [-0.2, 0) is 25.7 Å². The number of benzene rings is 5. The molecule has 4 aliphatic rings. The Morgan fingerprint density at radius 1 is 0.389 bits per heavy atom. The summed E-state index contributed by atoms with van der Waals surface area (Å²) in [5.74, 6) is 0. The van der Waals surface area contributed by atoms with Crippen molar-refractivity contribution in [1.29, 1.82) is 0 Å². The molecule has 0 heteroatoms. The molecule has 0 saturated heterocycles. The molecule has 170 valence electrons. The topological polar surface area (TPSA) is 0 Å². The molecule has 0 fully saturated rings. The molecule has 5 aromatic carbocycles. The van der Waals surface area contributed by atoms with Gasteiger partial charge in [-0.05, 0) is 152 Å². The van der Waals surface area contributed by atoms with Crippen LogP contribution in [0.3, 0.4) is 0 Å². The summed E-state index contributed by atoms with van der Waals surface area (Å²) in [7, 11) is 0. The largest absolute Gasteiger partial charge is 0.0619 e. The van der Waals surface area contributed by atoms with Crippen molar-refractivity contribution in [2.45, 2.75) is 39.5 Å². The molecule has 0 radical (unpaired) electrons. The summed E-state index contributed by atoms with van der Waals surface area (Å²) in [6.07, 6.45) is 4.24. The van der Waals surface area contributed by atoms with Crippen LogP contribution in [0.25, 0.3) is 44.5 Å². The lowest BCUT2D eigenvalue weighted by atomic mass is 9.89. The highest BCUT2D eigenvalue weighted by Gasteiger charge is 2.34. The second-order valence-electron chi connectivity index (χ2n) is 11.4. The van der Waals surface area contributed by atoms with E-state index in [1.165, 1.54) is 100 Å². The molecular formula is C36H26. The van der Waals surface area contributed by atoms with Gasteiger partial charge in [0.1, 0.15) is 0 Å². The van der Waals surface area contributed by atoms with E-state index in [0.717, 1.165) is 25.7 Å². The molecule has 0 aliphatic heterocycles. The second kappa shape index (κ2) is 6.45. The molecule has 0 N–H and O–H groups in total. The summed E-state index contributed by atoms with van der Waals surface area (Å²) in [5.41, 5.74) is 26.9. The van der Waals surface area contributed by atoms with Crippen LogP contribution in [0.5, 0.6) is 0 Å². The van der Waals surface area contributed by atoms with Crippen molar-refractivity contribution in [2.24, 2.45) is 0 Å². The van der Waals surface area contributed by atoms with Gasteiger partial charge in [-0.3, -0.25) is 0 Å². The Kier molecular flexibility index (Phi) is 3.46. The van der Waals surface area contributed by atoms with Crippen LogP contribution in [0.4, 0.5) is 0 Å². The van der Waals surface area contributed by atoms with Crippen molar-refractivity contribution in [1.82, 2.24) is 0 Å². The van der Waals surface area contributed by atoms with Crippen LogP contribution in [-0.4, -0.2) is 0 Å². The van der Waals surface area contributed by atoms with Crippen LogP contribution in [0.15, 0.2) is 72.8 Å². The molecule has 36 heavy (non-hydrogen) atoms. The maximum atomic E-state index is 2.57. The van der Waals surface area contributed by atoms with Crippen molar-refractivity contribution in [3.8, 4) is 44.5 Å². The van der Waals surface area contributed by atoms with Crippen LogP contribution < -0.4 is 0 Å². The van der Waals surface area contributed by atoms with Crippen LogP contribution >= 0.6 is 0 Å². The first-order valence-electron chi connectivity index (χ1n) is 13.3. The molecule has 0 unspecified atom stereocenters. The molecule has 0 heterocycles. The molecule has 0 nitrogen and oxygen atoms in total. The quantitative estimate of drug-likeness (QED) is 0.213. The minimum absolute atomic E-state index is 1.05. The second-order valence-corrected chi connectivity index (χ2v) is 11.4. The van der Waals surface area contributed by atoms with E-state index in [4.69, 9.17) is 0 Å². The van der Waals surface area contributed by atoms with E-state index in [2.05, 4.69) is 86.6 Å². The SMILES string of the molecule is Cc1cc2c(c3c1Cc1ccccc1-3)-c1cc3c(cc1C2)-c1c(cc(C)c2c1-c1ccccc1C2)C3. The molecule has 4 aliphatic carbocycles. The molecule has 5 aromatic rings. The van der Waals surface area contributed by atoms with Gasteiger partial charge < -0.3 is 0 Å². The summed E-state index contributed by atoms with van der Waals surface area (Å²) in [6.45, 7) is 4.63. The number of rotatable bonds is 0. The number of hydrogen-bond donors (Lipinski definition) is 0. The lowest BCUT2D eigenvalue weighted by Crippen LogP contribution is -1.92. The molecule has 0 aromatic heterocycles. The Hall–Kier alpha value is -3.90. The predicted molar refractivity (Wildman–Crippen MR) is 149 cm³/mol. The van der Waals surface area contributed by atoms with Crippen molar-refractivity contribution < 1.29 is 0 Å². The molecule has 9 rings (SSSR count). The van der Waals surface area contributed by atoms with Gasteiger partial charge in [0.25, 0.3) is 0 Å². The summed E-state index contributed by atoms with van der Waals surface area (Å²) in [6, 6.07) is 28.2. The highest BCUT2D eigenvalue weighted by Crippen LogP contribution is 2.55. The third kappa shape index (κ3) is 2.26. The van der Waals surface area contributed by atoms with Crippen molar-refractivity contribution >= 4 is 0 Å². The fourth-order valence-corrected chi connectivity index (χ4v) is 7.88. The average molecular weight is 459 g/mol. The molecule has 0 spiro atoms. The van der Waals surface area contributed by atoms with E-state index in [0.29, 0.717) is 0 Å². The Morgan fingerprint density at radius 3 is 1.31 bits per heavy atom. The smallest absolute Gasteiger partial charge is 0.00106 e. The van der Waals surface area contributed by atoms with Crippen LogP contribution in [0.1, 0.15) is 55.6 Å². The molecule has 0 bridgehead atoms. The van der Waals surface area contributed by atoms with Gasteiger partial charge >= 0.3 is 0 Å². The van der Waals surface area contributed by atoms with Gasteiger partial charge in [0.05, 0.1) is 0 Å². The molecule has 0 saturated carbocycles. The van der Waals surface area contributed by atoms with Crippen molar-refractivity contribution in [2.75, 3.05) is 0 Å². The van der Waals surface area contributed by atoms with E-state index in [9.17, 15) is 0 Å². The zero-order valence-electron chi connectivity index (χ0n) is 20.8. The maximum Gasteiger partial charge on any atom is -0.00106 e. The highest BCUT2D eigenvalue weighted by atomic mass is 14.4. The van der Waals surface area contributed by atoms with Gasteiger partial charge in [-0.25, -0.2) is 0 Å². The standard InChI is InChI=1S/C36H26/c1-19-11-25-13-23-17-32-24(18-31(23)33(25)35-27-9-5-3-7-21(27)15-29(19)35)14-26-12-20(2)30-16-22-8-4-6-10-28(22)36(30)34(26)32/h3-12,17-18H,13-16H2,1-2H3. The fraction of sp³-hybridized carbons (Fsp3) is 0.167. The van der Waals surface area contributed by atoms with E-state index in [-0.39, 0.29) is 0 Å². The van der Waals surface area contributed by atoms with E-state index in [1.807, 2.05) is 0 Å². The van der Waals surface area contributed by atoms with E-state index in [1.54, 1.807) is 0 Å². The van der Waals surface area contributed by atoms with E-state index >= 15 is 0 Å². The van der Waals surface area contributed by atoms with Gasteiger partial charge in [0, 0.05) is 0 Å². The third-order valence-electron chi connectivity index (χ3n) is 9.42. The van der Waals surface area contributed by atoms with Crippen LogP contribution in [0, 0.1) is 13.8 Å². The van der Waals surface area contributed by atoms with Gasteiger partial charge in [0.2, 0.25) is 0 Å². The summed E-state index contributed by atoms with van der Waals surface area (Å²) in [5, 5.41) is 0. The first kappa shape index (κ1) is 19.3. The Labute approximate surface area is 212 Å². The predicted octanol–water partition coefficient (Wildman–Crippen LogP) is 8.59. The molecule has 0 atom stereocenters. The number of aryl methyl sites for hydroxylation is 2. The van der Waals surface area contributed by atoms with Gasteiger partial charge in [-0.15, -0.1) is 0 Å². The van der Waals surface area contributed by atoms with Crippen LogP contribution in [0.2, 0.25) is 0 Å². The lowest BCUT2D eigenvalue weighted by molar-refractivity contribution is 1.19. The zero-order chi connectivity index (χ0) is 23.7. The monoisotopic (exact) mass is 458 g/mol. The van der Waals surface area contributed by atoms with Crippen molar-refractivity contribution in [3.63, 3.8) is 0 Å². The van der Waals surface area contributed by atoms with Gasteiger partial charge in [0.15, 0.2) is 0 Å². The maximum absolute atomic E-state index is 2.57. The van der Waals surface area contributed by atoms with Crippen molar-refractivity contribution in [3.05, 3.63) is 128 Å². The average Bonchev–Trinajstić information content (AvgIpc) is 3.62. The van der Waals surface area contributed by atoms with Gasteiger partial charge in [-0.1, -0.05) is 60.7 Å². The Bertz CT molecular complexity index is 1710. The Morgan fingerprint density at radius 2 is 0.833 bits per heavy atom. The van der Waals surface area contributed by atoms with Gasteiger partial charge in [-0.2, -0.15) is 0 Å². The Balaban J connectivity index is 1.29.